The van der Waals surface area contributed by atoms with Crippen LogP contribution in [-0.2, 0) is 6.54 Å². The summed E-state index contributed by atoms with van der Waals surface area (Å²) in [5.74, 6) is 1.45. The predicted octanol–water partition coefficient (Wildman–Crippen LogP) is 4.42. The normalized spacial score (nSPS) is 14.1. The largest absolute Gasteiger partial charge is 0.327 e. The summed E-state index contributed by atoms with van der Waals surface area (Å²) >= 11 is 0. The second-order valence-electron chi connectivity index (χ2n) is 6.65. The van der Waals surface area contributed by atoms with Crippen LogP contribution in [0.2, 0.25) is 0 Å². The smallest absolute Gasteiger partial charge is 0.161 e. The zero-order valence-electron chi connectivity index (χ0n) is 13.8. The quantitative estimate of drug-likeness (QED) is 0.557. The van der Waals surface area contributed by atoms with Gasteiger partial charge in [0.25, 0.3) is 0 Å². The summed E-state index contributed by atoms with van der Waals surface area (Å²) < 4.78 is 2.18. The zero-order valence-corrected chi connectivity index (χ0v) is 13.8. The molecule has 1 aromatic carbocycles. The average Bonchev–Trinajstić information content (AvgIpc) is 3.46. The molecular formula is C21H18N4. The first kappa shape index (κ1) is 14.3. The van der Waals surface area contributed by atoms with E-state index >= 15 is 0 Å². The molecule has 4 heteroatoms. The molecule has 0 unspecified atom stereocenters. The number of benzene rings is 1. The van der Waals surface area contributed by atoms with E-state index in [0.717, 1.165) is 29.0 Å². The number of hydrogen-bond acceptors (Lipinski definition) is 3. The summed E-state index contributed by atoms with van der Waals surface area (Å²) in [5, 5.41) is 1.10. The molecule has 0 spiro atoms. The molecule has 0 aliphatic heterocycles. The van der Waals surface area contributed by atoms with Gasteiger partial charge in [0.1, 0.15) is 5.65 Å². The highest BCUT2D eigenvalue weighted by Gasteiger charge is 2.24. The molecule has 4 aromatic rings. The molecule has 25 heavy (non-hydrogen) atoms. The summed E-state index contributed by atoms with van der Waals surface area (Å²) in [5.41, 5.74) is 4.52. The average molecular weight is 326 g/mol. The monoisotopic (exact) mass is 326 g/mol. The van der Waals surface area contributed by atoms with Crippen LogP contribution in [0.3, 0.4) is 0 Å². The molecule has 0 saturated heterocycles. The third-order valence-electron chi connectivity index (χ3n) is 4.79. The van der Waals surface area contributed by atoms with Crippen molar-refractivity contribution in [3.05, 3.63) is 78.4 Å². The summed E-state index contributed by atoms with van der Waals surface area (Å²) in [4.78, 5) is 13.8. The molecule has 1 fully saturated rings. The summed E-state index contributed by atoms with van der Waals surface area (Å²) in [6.45, 7) is 0.786. The highest BCUT2D eigenvalue weighted by molar-refractivity contribution is 5.92. The van der Waals surface area contributed by atoms with Gasteiger partial charge in [-0.25, -0.2) is 15.0 Å². The van der Waals surface area contributed by atoms with Crippen LogP contribution < -0.4 is 0 Å². The first-order valence-electron chi connectivity index (χ1n) is 8.68. The molecule has 3 heterocycles. The molecule has 122 valence electrons. The van der Waals surface area contributed by atoms with E-state index in [4.69, 9.17) is 0 Å². The maximum absolute atomic E-state index is 4.63. The lowest BCUT2D eigenvalue weighted by molar-refractivity contribution is 0.825. The van der Waals surface area contributed by atoms with Crippen molar-refractivity contribution in [2.45, 2.75) is 25.3 Å². The van der Waals surface area contributed by atoms with Crippen LogP contribution in [-0.4, -0.2) is 19.5 Å². The van der Waals surface area contributed by atoms with Crippen molar-refractivity contribution in [3.63, 3.8) is 0 Å². The lowest BCUT2D eigenvalue weighted by atomic mass is 10.2. The maximum Gasteiger partial charge on any atom is 0.161 e. The molecule has 4 nitrogen and oxygen atoms in total. The van der Waals surface area contributed by atoms with E-state index in [1.165, 1.54) is 24.0 Å². The molecule has 0 amide bonds. The molecular weight excluding hydrogens is 308 g/mol. The number of pyridine rings is 1. The third-order valence-corrected chi connectivity index (χ3v) is 4.79. The van der Waals surface area contributed by atoms with Gasteiger partial charge in [-0.3, -0.25) is 0 Å². The highest BCUT2D eigenvalue weighted by Crippen LogP contribution is 2.39. The molecule has 1 aliphatic rings. The summed E-state index contributed by atoms with van der Waals surface area (Å²) in [6.07, 6.45) is 10.5. The van der Waals surface area contributed by atoms with E-state index in [2.05, 4.69) is 56.0 Å². The Kier molecular flexibility index (Phi) is 3.33. The van der Waals surface area contributed by atoms with E-state index in [9.17, 15) is 0 Å². The van der Waals surface area contributed by atoms with E-state index < -0.39 is 0 Å². The Morgan fingerprint density at radius 3 is 2.48 bits per heavy atom. The van der Waals surface area contributed by atoms with Crippen molar-refractivity contribution in [2.75, 3.05) is 0 Å². The Labute approximate surface area is 146 Å². The van der Waals surface area contributed by atoms with Crippen molar-refractivity contribution >= 4 is 11.0 Å². The molecule has 5 rings (SSSR count). The fraction of sp³-hybridized carbons (Fsp3) is 0.190. The minimum absolute atomic E-state index is 0.676. The topological polar surface area (TPSA) is 43.6 Å². The van der Waals surface area contributed by atoms with Crippen molar-refractivity contribution < 1.29 is 0 Å². The van der Waals surface area contributed by atoms with Crippen LogP contribution in [0, 0.1) is 0 Å². The highest BCUT2D eigenvalue weighted by atomic mass is 15.0. The number of aromatic nitrogens is 4. The van der Waals surface area contributed by atoms with Gasteiger partial charge in [0.15, 0.2) is 5.82 Å². The van der Waals surface area contributed by atoms with Gasteiger partial charge in [-0.2, -0.15) is 0 Å². The summed E-state index contributed by atoms with van der Waals surface area (Å²) in [7, 11) is 0. The molecule has 0 radical (unpaired) electrons. The Balaban J connectivity index is 1.58. The van der Waals surface area contributed by atoms with Crippen LogP contribution in [0.25, 0.3) is 22.4 Å². The van der Waals surface area contributed by atoms with Crippen molar-refractivity contribution in [1.29, 1.82) is 0 Å². The van der Waals surface area contributed by atoms with Crippen molar-refractivity contribution in [3.8, 4) is 11.4 Å². The standard InChI is InChI=1S/C21H18N4/c1-2-5-15(6-3-1)13-25-14-19(18-7-4-10-22-21(18)25)20-23-11-17(12-24-20)16-8-9-16/h1-7,10-12,14,16H,8-9,13H2. The van der Waals surface area contributed by atoms with Gasteiger partial charge in [-0.15, -0.1) is 0 Å². The number of fused-ring (bicyclic) bond motifs is 1. The maximum atomic E-state index is 4.63. The van der Waals surface area contributed by atoms with Gasteiger partial charge >= 0.3 is 0 Å². The number of rotatable bonds is 4. The van der Waals surface area contributed by atoms with E-state index in [1.807, 2.05) is 30.7 Å². The van der Waals surface area contributed by atoms with Gasteiger partial charge in [0.05, 0.1) is 0 Å². The fourth-order valence-corrected chi connectivity index (χ4v) is 3.31. The Morgan fingerprint density at radius 2 is 1.72 bits per heavy atom. The number of hydrogen-bond donors (Lipinski definition) is 0. The minimum atomic E-state index is 0.676. The van der Waals surface area contributed by atoms with Crippen LogP contribution in [0.4, 0.5) is 0 Å². The lowest BCUT2D eigenvalue weighted by Crippen LogP contribution is -1.98. The van der Waals surface area contributed by atoms with Gasteiger partial charge in [0, 0.05) is 42.3 Å². The van der Waals surface area contributed by atoms with Gasteiger partial charge in [-0.1, -0.05) is 30.3 Å². The number of nitrogens with zero attached hydrogens (tertiary/aromatic N) is 4. The van der Waals surface area contributed by atoms with Crippen LogP contribution >= 0.6 is 0 Å². The minimum Gasteiger partial charge on any atom is -0.327 e. The molecule has 0 atom stereocenters. The second-order valence-corrected chi connectivity index (χ2v) is 6.65. The molecule has 3 aromatic heterocycles. The van der Waals surface area contributed by atoms with Crippen molar-refractivity contribution in [1.82, 2.24) is 19.5 Å². The molecule has 0 N–H and O–H groups in total. The van der Waals surface area contributed by atoms with Crippen LogP contribution in [0.15, 0.2) is 67.3 Å². The van der Waals surface area contributed by atoms with Crippen LogP contribution in [0.5, 0.6) is 0 Å². The predicted molar refractivity (Wildman–Crippen MR) is 98.3 cm³/mol. The second kappa shape index (κ2) is 5.81. The zero-order chi connectivity index (χ0) is 16.6. The Bertz CT molecular complexity index is 1010. The van der Waals surface area contributed by atoms with Gasteiger partial charge in [0.2, 0.25) is 0 Å². The van der Waals surface area contributed by atoms with E-state index in [1.54, 1.807) is 0 Å². The third kappa shape index (κ3) is 2.70. The van der Waals surface area contributed by atoms with E-state index in [0.29, 0.717) is 5.92 Å². The summed E-state index contributed by atoms with van der Waals surface area (Å²) in [6, 6.07) is 14.5. The first-order chi connectivity index (χ1) is 12.4. The first-order valence-corrected chi connectivity index (χ1v) is 8.68. The Hall–Kier alpha value is -3.01. The SMILES string of the molecule is c1ccc(Cn2cc(-c3ncc(C4CC4)cn3)c3cccnc32)cc1. The van der Waals surface area contributed by atoms with Gasteiger partial charge < -0.3 is 4.57 Å². The van der Waals surface area contributed by atoms with Crippen LogP contribution in [0.1, 0.15) is 29.9 Å². The fourth-order valence-electron chi connectivity index (χ4n) is 3.31. The van der Waals surface area contributed by atoms with Crippen molar-refractivity contribution in [2.24, 2.45) is 0 Å². The lowest BCUT2D eigenvalue weighted by Gasteiger charge is -2.04. The molecule has 1 aliphatic carbocycles. The van der Waals surface area contributed by atoms with E-state index in [-0.39, 0.29) is 0 Å². The molecule has 0 bridgehead atoms. The molecule has 1 saturated carbocycles. The Morgan fingerprint density at radius 1 is 0.920 bits per heavy atom. The van der Waals surface area contributed by atoms with Gasteiger partial charge in [-0.05, 0) is 42.0 Å².